The van der Waals surface area contributed by atoms with Crippen LogP contribution in [0, 0.1) is 0 Å². The van der Waals surface area contributed by atoms with E-state index >= 15 is 0 Å². The fourth-order valence-electron chi connectivity index (χ4n) is 2.20. The van der Waals surface area contributed by atoms with Gasteiger partial charge in [0.2, 0.25) is 5.91 Å². The molecule has 2 amide bonds. The molecule has 1 aromatic rings. The first-order valence-corrected chi connectivity index (χ1v) is 6.40. The van der Waals surface area contributed by atoms with Gasteiger partial charge in [0.1, 0.15) is 11.5 Å². The second kappa shape index (κ2) is 5.77. The van der Waals surface area contributed by atoms with Gasteiger partial charge in [0.05, 0.1) is 26.3 Å². The number of benzene rings is 1. The average Bonchev–Trinajstić information content (AvgIpc) is 2.73. The van der Waals surface area contributed by atoms with Gasteiger partial charge in [0.15, 0.2) is 0 Å². The predicted octanol–water partition coefficient (Wildman–Crippen LogP) is 2.30. The Morgan fingerprint density at radius 1 is 1.25 bits per heavy atom. The minimum atomic E-state index is -0.289. The lowest BCUT2D eigenvalue weighted by atomic mass is 10.2. The maximum absolute atomic E-state index is 12.3. The Morgan fingerprint density at radius 2 is 2.00 bits per heavy atom. The molecular formula is C15H17NO4. The van der Waals surface area contributed by atoms with Crippen LogP contribution in [0.15, 0.2) is 29.8 Å². The van der Waals surface area contributed by atoms with Crippen LogP contribution >= 0.6 is 0 Å². The van der Waals surface area contributed by atoms with Crippen LogP contribution in [0.1, 0.15) is 19.8 Å². The van der Waals surface area contributed by atoms with Gasteiger partial charge in [-0.2, -0.15) is 0 Å². The van der Waals surface area contributed by atoms with E-state index < -0.39 is 0 Å². The summed E-state index contributed by atoms with van der Waals surface area (Å²) in [4.78, 5) is 25.6. The number of anilines is 1. The summed E-state index contributed by atoms with van der Waals surface area (Å²) in [5.41, 5.74) is 0.948. The number of hydrogen-bond donors (Lipinski definition) is 0. The molecule has 0 bridgehead atoms. The standard InChI is InChI=1S/C15H17NO4/c1-4-5-10-8-14(17)16(15(10)18)12-9-11(19-2)6-7-13(12)20-3/h5-7,9H,4,8H2,1-3H3. The summed E-state index contributed by atoms with van der Waals surface area (Å²) in [7, 11) is 3.03. The van der Waals surface area contributed by atoms with Crippen molar-refractivity contribution < 1.29 is 19.1 Å². The predicted molar refractivity (Wildman–Crippen MR) is 75.0 cm³/mol. The largest absolute Gasteiger partial charge is 0.497 e. The van der Waals surface area contributed by atoms with Gasteiger partial charge in [-0.25, -0.2) is 4.90 Å². The number of imide groups is 1. The third-order valence-corrected chi connectivity index (χ3v) is 3.15. The Bertz CT molecular complexity index is 577. The van der Waals surface area contributed by atoms with Crippen molar-refractivity contribution in [1.82, 2.24) is 0 Å². The van der Waals surface area contributed by atoms with Gasteiger partial charge in [-0.15, -0.1) is 0 Å². The van der Waals surface area contributed by atoms with Crippen LogP contribution in [0.25, 0.3) is 0 Å². The highest BCUT2D eigenvalue weighted by Gasteiger charge is 2.36. The third kappa shape index (κ3) is 2.39. The fraction of sp³-hybridized carbons (Fsp3) is 0.333. The summed E-state index contributed by atoms with van der Waals surface area (Å²) in [6.07, 6.45) is 2.64. The minimum absolute atomic E-state index is 0.132. The summed E-state index contributed by atoms with van der Waals surface area (Å²) in [6.45, 7) is 1.93. The highest BCUT2D eigenvalue weighted by molar-refractivity contribution is 6.28. The molecular weight excluding hydrogens is 258 g/mol. The highest BCUT2D eigenvalue weighted by Crippen LogP contribution is 2.36. The van der Waals surface area contributed by atoms with E-state index in [2.05, 4.69) is 0 Å². The number of methoxy groups -OCH3 is 2. The number of amides is 2. The molecule has 1 fully saturated rings. The van der Waals surface area contributed by atoms with Crippen LogP contribution in [0.2, 0.25) is 0 Å². The average molecular weight is 275 g/mol. The number of carbonyl (C=O) groups is 2. The molecule has 1 aliphatic heterocycles. The lowest BCUT2D eigenvalue weighted by Crippen LogP contribution is -2.29. The second-order valence-electron chi connectivity index (χ2n) is 4.39. The minimum Gasteiger partial charge on any atom is -0.497 e. The van der Waals surface area contributed by atoms with Crippen molar-refractivity contribution >= 4 is 17.5 Å². The van der Waals surface area contributed by atoms with Crippen LogP contribution in [-0.4, -0.2) is 26.0 Å². The number of carbonyl (C=O) groups excluding carboxylic acids is 2. The van der Waals surface area contributed by atoms with Gasteiger partial charge in [-0.05, 0) is 18.6 Å². The van der Waals surface area contributed by atoms with Crippen molar-refractivity contribution in [1.29, 1.82) is 0 Å². The third-order valence-electron chi connectivity index (χ3n) is 3.15. The second-order valence-corrected chi connectivity index (χ2v) is 4.39. The van der Waals surface area contributed by atoms with E-state index in [-0.39, 0.29) is 18.2 Å². The molecule has 0 unspecified atom stereocenters. The summed E-state index contributed by atoms with van der Waals surface area (Å²) >= 11 is 0. The van der Waals surface area contributed by atoms with Gasteiger partial charge in [-0.3, -0.25) is 9.59 Å². The molecule has 2 rings (SSSR count). The van der Waals surface area contributed by atoms with Crippen molar-refractivity contribution in [2.45, 2.75) is 19.8 Å². The molecule has 0 aliphatic carbocycles. The first-order valence-electron chi connectivity index (χ1n) is 6.40. The van der Waals surface area contributed by atoms with Crippen molar-refractivity contribution in [3.8, 4) is 11.5 Å². The Labute approximate surface area is 117 Å². The molecule has 5 nitrogen and oxygen atoms in total. The zero-order valence-corrected chi connectivity index (χ0v) is 11.8. The fourth-order valence-corrected chi connectivity index (χ4v) is 2.20. The lowest BCUT2D eigenvalue weighted by Gasteiger charge is -2.17. The normalized spacial score (nSPS) is 16.9. The van der Waals surface area contributed by atoms with E-state index in [1.54, 1.807) is 24.3 Å². The lowest BCUT2D eigenvalue weighted by molar-refractivity contribution is -0.120. The van der Waals surface area contributed by atoms with E-state index in [0.717, 1.165) is 11.3 Å². The summed E-state index contributed by atoms with van der Waals surface area (Å²) in [6, 6.07) is 5.02. The van der Waals surface area contributed by atoms with Crippen molar-refractivity contribution in [2.75, 3.05) is 19.1 Å². The molecule has 1 aromatic carbocycles. The molecule has 1 heterocycles. The zero-order valence-electron chi connectivity index (χ0n) is 11.8. The molecule has 0 N–H and O–H groups in total. The topological polar surface area (TPSA) is 55.8 Å². The summed E-state index contributed by atoms with van der Waals surface area (Å²) in [5.74, 6) is 0.490. The molecule has 1 saturated heterocycles. The van der Waals surface area contributed by atoms with Crippen molar-refractivity contribution in [3.63, 3.8) is 0 Å². The van der Waals surface area contributed by atoms with Crippen LogP contribution in [0.3, 0.4) is 0 Å². The van der Waals surface area contributed by atoms with Gasteiger partial charge in [-0.1, -0.05) is 13.0 Å². The zero-order chi connectivity index (χ0) is 14.7. The molecule has 20 heavy (non-hydrogen) atoms. The number of ether oxygens (including phenoxy) is 2. The van der Waals surface area contributed by atoms with Crippen LogP contribution in [0.5, 0.6) is 11.5 Å². The number of hydrogen-bond acceptors (Lipinski definition) is 4. The van der Waals surface area contributed by atoms with E-state index in [1.807, 2.05) is 6.92 Å². The van der Waals surface area contributed by atoms with Crippen LogP contribution < -0.4 is 14.4 Å². The molecule has 5 heteroatoms. The monoisotopic (exact) mass is 275 g/mol. The van der Waals surface area contributed by atoms with Gasteiger partial charge in [0.25, 0.3) is 5.91 Å². The molecule has 0 aromatic heterocycles. The van der Waals surface area contributed by atoms with E-state index in [1.165, 1.54) is 14.2 Å². The van der Waals surface area contributed by atoms with Gasteiger partial charge < -0.3 is 9.47 Å². The SMILES string of the molecule is CCC=C1CC(=O)N(c2cc(OC)ccc2OC)C1=O. The van der Waals surface area contributed by atoms with Gasteiger partial charge in [0, 0.05) is 11.6 Å². The quantitative estimate of drug-likeness (QED) is 0.625. The highest BCUT2D eigenvalue weighted by atomic mass is 16.5. The number of rotatable bonds is 4. The maximum atomic E-state index is 12.3. The van der Waals surface area contributed by atoms with Gasteiger partial charge >= 0.3 is 0 Å². The molecule has 1 aliphatic rings. The smallest absolute Gasteiger partial charge is 0.261 e. The van der Waals surface area contributed by atoms with Crippen molar-refractivity contribution in [2.24, 2.45) is 0 Å². The number of allylic oxidation sites excluding steroid dienone is 1. The Hall–Kier alpha value is -2.30. The van der Waals surface area contributed by atoms with E-state index in [9.17, 15) is 9.59 Å². The Balaban J connectivity index is 2.47. The molecule has 0 spiro atoms. The van der Waals surface area contributed by atoms with E-state index in [4.69, 9.17) is 9.47 Å². The molecule has 0 atom stereocenters. The maximum Gasteiger partial charge on any atom is 0.261 e. The van der Waals surface area contributed by atoms with Crippen LogP contribution in [0.4, 0.5) is 5.69 Å². The molecule has 0 saturated carbocycles. The van der Waals surface area contributed by atoms with Crippen molar-refractivity contribution in [3.05, 3.63) is 29.8 Å². The Kier molecular flexibility index (Phi) is 4.08. The first-order chi connectivity index (χ1) is 9.62. The van der Waals surface area contributed by atoms with Crippen LogP contribution in [-0.2, 0) is 9.59 Å². The Morgan fingerprint density at radius 3 is 2.60 bits per heavy atom. The molecule has 0 radical (unpaired) electrons. The van der Waals surface area contributed by atoms with E-state index in [0.29, 0.717) is 22.8 Å². The summed E-state index contributed by atoms with van der Waals surface area (Å²) in [5, 5.41) is 0. The number of nitrogens with zero attached hydrogens (tertiary/aromatic N) is 1. The summed E-state index contributed by atoms with van der Waals surface area (Å²) < 4.78 is 10.4. The first kappa shape index (κ1) is 14.1. The molecule has 106 valence electrons.